The fourth-order valence-corrected chi connectivity index (χ4v) is 2.73. The maximum Gasteiger partial charge on any atom is 0.303 e. The van der Waals surface area contributed by atoms with Gasteiger partial charge in [0.15, 0.2) is 0 Å². The third-order valence-corrected chi connectivity index (χ3v) is 4.19. The van der Waals surface area contributed by atoms with Gasteiger partial charge in [0.1, 0.15) is 0 Å². The zero-order chi connectivity index (χ0) is 11.4. The summed E-state index contributed by atoms with van der Waals surface area (Å²) in [4.78, 5) is 10.4. The molecule has 0 bridgehead atoms. The first-order chi connectivity index (χ1) is 7.75. The number of thioether (sulfide) groups is 1. The van der Waals surface area contributed by atoms with E-state index in [2.05, 4.69) is 24.3 Å². The van der Waals surface area contributed by atoms with Crippen molar-refractivity contribution in [2.24, 2.45) is 0 Å². The summed E-state index contributed by atoms with van der Waals surface area (Å²) in [6.07, 6.45) is 1.88. The quantitative estimate of drug-likeness (QED) is 0.854. The molecule has 1 heterocycles. The number of carboxylic acid groups (broad SMARTS) is 1. The van der Waals surface area contributed by atoms with Crippen LogP contribution < -0.4 is 0 Å². The lowest BCUT2D eigenvalue weighted by Crippen LogP contribution is -2.15. The van der Waals surface area contributed by atoms with Gasteiger partial charge in [-0.1, -0.05) is 24.3 Å². The molecular formula is C13H16O2S. The van der Waals surface area contributed by atoms with E-state index in [1.54, 1.807) is 0 Å². The predicted octanol–water partition coefficient (Wildman–Crippen LogP) is 2.92. The molecule has 0 unspecified atom stereocenters. The van der Waals surface area contributed by atoms with Crippen molar-refractivity contribution >= 4 is 17.7 Å². The summed E-state index contributed by atoms with van der Waals surface area (Å²) in [5, 5.41) is 8.58. The SMILES string of the molecule is O=C(O)CCCc1cccc(C2CSC2)c1. The number of aryl methyl sites for hydroxylation is 1. The van der Waals surface area contributed by atoms with Gasteiger partial charge in [-0.05, 0) is 24.0 Å². The molecule has 1 saturated heterocycles. The zero-order valence-electron chi connectivity index (χ0n) is 9.19. The number of carbonyl (C=O) groups is 1. The fourth-order valence-electron chi connectivity index (χ4n) is 1.87. The molecule has 1 aliphatic heterocycles. The van der Waals surface area contributed by atoms with Crippen molar-refractivity contribution in [1.29, 1.82) is 0 Å². The maximum absolute atomic E-state index is 10.4. The summed E-state index contributed by atoms with van der Waals surface area (Å²) in [6, 6.07) is 8.61. The molecule has 0 radical (unpaired) electrons. The topological polar surface area (TPSA) is 37.3 Å². The average molecular weight is 236 g/mol. The molecule has 3 heteroatoms. The number of hydrogen-bond donors (Lipinski definition) is 1. The Labute approximate surface area is 100 Å². The van der Waals surface area contributed by atoms with Crippen LogP contribution in [0.3, 0.4) is 0 Å². The lowest BCUT2D eigenvalue weighted by Gasteiger charge is -2.25. The van der Waals surface area contributed by atoms with Gasteiger partial charge in [-0.25, -0.2) is 0 Å². The first-order valence-corrected chi connectivity index (χ1v) is 6.79. The molecule has 0 amide bonds. The van der Waals surface area contributed by atoms with Gasteiger partial charge in [-0.3, -0.25) is 4.79 Å². The number of rotatable bonds is 5. The Morgan fingerprint density at radius 3 is 2.88 bits per heavy atom. The van der Waals surface area contributed by atoms with Crippen molar-refractivity contribution in [3.63, 3.8) is 0 Å². The third kappa shape index (κ3) is 3.01. The standard InChI is InChI=1S/C13H16O2S/c14-13(15)6-2-4-10-3-1-5-11(7-10)12-8-16-9-12/h1,3,5,7,12H,2,4,6,8-9H2,(H,14,15). The van der Waals surface area contributed by atoms with Gasteiger partial charge in [0.25, 0.3) is 0 Å². The maximum atomic E-state index is 10.4. The van der Waals surface area contributed by atoms with Crippen LogP contribution in [0.4, 0.5) is 0 Å². The Hall–Kier alpha value is -0.960. The van der Waals surface area contributed by atoms with E-state index in [0.717, 1.165) is 18.8 Å². The number of carboxylic acids is 1. The van der Waals surface area contributed by atoms with Gasteiger partial charge < -0.3 is 5.11 Å². The summed E-state index contributed by atoms with van der Waals surface area (Å²) >= 11 is 1.99. The second kappa shape index (κ2) is 5.39. The first-order valence-electron chi connectivity index (χ1n) is 5.64. The van der Waals surface area contributed by atoms with E-state index < -0.39 is 5.97 Å². The molecule has 0 spiro atoms. The molecule has 1 fully saturated rings. The van der Waals surface area contributed by atoms with Crippen LogP contribution in [-0.2, 0) is 11.2 Å². The molecule has 2 rings (SSSR count). The van der Waals surface area contributed by atoms with Gasteiger partial charge in [0.2, 0.25) is 0 Å². The summed E-state index contributed by atoms with van der Waals surface area (Å²) in [7, 11) is 0. The third-order valence-electron chi connectivity index (χ3n) is 2.92. The van der Waals surface area contributed by atoms with Gasteiger partial charge >= 0.3 is 5.97 Å². The smallest absolute Gasteiger partial charge is 0.303 e. The van der Waals surface area contributed by atoms with Crippen molar-refractivity contribution < 1.29 is 9.90 Å². The van der Waals surface area contributed by atoms with Crippen LogP contribution in [0.5, 0.6) is 0 Å². The van der Waals surface area contributed by atoms with Crippen molar-refractivity contribution in [2.45, 2.75) is 25.2 Å². The van der Waals surface area contributed by atoms with Crippen molar-refractivity contribution in [1.82, 2.24) is 0 Å². The lowest BCUT2D eigenvalue weighted by atomic mass is 9.98. The average Bonchev–Trinajstić information content (AvgIpc) is 2.15. The van der Waals surface area contributed by atoms with Crippen molar-refractivity contribution in [3.05, 3.63) is 35.4 Å². The largest absolute Gasteiger partial charge is 0.481 e. The van der Waals surface area contributed by atoms with E-state index in [0.29, 0.717) is 0 Å². The molecule has 86 valence electrons. The van der Waals surface area contributed by atoms with Crippen LogP contribution in [0.15, 0.2) is 24.3 Å². The van der Waals surface area contributed by atoms with Crippen LogP contribution in [-0.4, -0.2) is 22.6 Å². The van der Waals surface area contributed by atoms with Gasteiger partial charge in [0, 0.05) is 23.8 Å². The molecule has 16 heavy (non-hydrogen) atoms. The molecule has 1 aromatic carbocycles. The van der Waals surface area contributed by atoms with Crippen LogP contribution in [0.2, 0.25) is 0 Å². The van der Waals surface area contributed by atoms with E-state index >= 15 is 0 Å². The van der Waals surface area contributed by atoms with E-state index in [4.69, 9.17) is 5.11 Å². The summed E-state index contributed by atoms with van der Waals surface area (Å²) in [5.74, 6) is 2.49. The van der Waals surface area contributed by atoms with Gasteiger partial charge in [-0.2, -0.15) is 11.8 Å². The van der Waals surface area contributed by atoms with E-state index in [1.807, 2.05) is 11.8 Å². The molecule has 2 nitrogen and oxygen atoms in total. The van der Waals surface area contributed by atoms with E-state index in [9.17, 15) is 4.79 Å². The van der Waals surface area contributed by atoms with Crippen LogP contribution in [0.25, 0.3) is 0 Å². The Bertz CT molecular complexity index is 372. The molecule has 1 N–H and O–H groups in total. The van der Waals surface area contributed by atoms with Crippen molar-refractivity contribution in [2.75, 3.05) is 11.5 Å². The Morgan fingerprint density at radius 1 is 1.44 bits per heavy atom. The molecule has 1 aliphatic rings. The van der Waals surface area contributed by atoms with Gasteiger partial charge in [0.05, 0.1) is 0 Å². The second-order valence-corrected chi connectivity index (χ2v) is 5.30. The van der Waals surface area contributed by atoms with Crippen LogP contribution in [0, 0.1) is 0 Å². The molecule has 0 atom stereocenters. The molecule has 0 aliphatic carbocycles. The Morgan fingerprint density at radius 2 is 2.25 bits per heavy atom. The predicted molar refractivity (Wildman–Crippen MR) is 67.1 cm³/mol. The highest BCUT2D eigenvalue weighted by atomic mass is 32.2. The highest BCUT2D eigenvalue weighted by Crippen LogP contribution is 2.34. The second-order valence-electron chi connectivity index (χ2n) is 4.23. The first kappa shape index (κ1) is 11.5. The number of hydrogen-bond acceptors (Lipinski definition) is 2. The van der Waals surface area contributed by atoms with E-state index in [1.165, 1.54) is 22.6 Å². The summed E-state index contributed by atoms with van der Waals surface area (Å²) in [6.45, 7) is 0. The summed E-state index contributed by atoms with van der Waals surface area (Å²) in [5.41, 5.74) is 2.70. The monoisotopic (exact) mass is 236 g/mol. The van der Waals surface area contributed by atoms with Gasteiger partial charge in [-0.15, -0.1) is 0 Å². The highest BCUT2D eigenvalue weighted by Gasteiger charge is 2.19. The van der Waals surface area contributed by atoms with Crippen LogP contribution in [0.1, 0.15) is 29.9 Å². The molecule has 1 aromatic rings. The summed E-state index contributed by atoms with van der Waals surface area (Å²) < 4.78 is 0. The minimum absolute atomic E-state index is 0.267. The minimum atomic E-state index is -0.702. The molecular weight excluding hydrogens is 220 g/mol. The lowest BCUT2D eigenvalue weighted by molar-refractivity contribution is -0.137. The van der Waals surface area contributed by atoms with Crippen LogP contribution >= 0.6 is 11.8 Å². The number of aliphatic carboxylic acids is 1. The Kier molecular flexibility index (Phi) is 3.88. The zero-order valence-corrected chi connectivity index (χ0v) is 10.0. The molecule has 0 saturated carbocycles. The Balaban J connectivity index is 1.91. The normalized spacial score (nSPS) is 15.8. The fraction of sp³-hybridized carbons (Fsp3) is 0.462. The van der Waals surface area contributed by atoms with E-state index in [-0.39, 0.29) is 6.42 Å². The highest BCUT2D eigenvalue weighted by molar-refractivity contribution is 8.00. The number of benzene rings is 1. The molecule has 0 aromatic heterocycles. The van der Waals surface area contributed by atoms with Crippen molar-refractivity contribution in [3.8, 4) is 0 Å². The minimum Gasteiger partial charge on any atom is -0.481 e.